The van der Waals surface area contributed by atoms with E-state index in [0.717, 1.165) is 29.9 Å². The predicted molar refractivity (Wildman–Crippen MR) is 52.7 cm³/mol. The van der Waals surface area contributed by atoms with E-state index < -0.39 is 5.60 Å². The maximum Gasteiger partial charge on any atom is 0.125 e. The zero-order valence-electron chi connectivity index (χ0n) is 8.41. The molecule has 0 radical (unpaired) electrons. The van der Waals surface area contributed by atoms with Crippen LogP contribution in [0.3, 0.4) is 0 Å². The molecule has 0 spiro atoms. The summed E-state index contributed by atoms with van der Waals surface area (Å²) in [6, 6.07) is 5.49. The van der Waals surface area contributed by atoms with E-state index in [1.165, 1.54) is 0 Å². The molecule has 2 rings (SSSR count). The third-order valence-electron chi connectivity index (χ3n) is 2.63. The average Bonchev–Trinajstić information content (AvgIpc) is 2.97. The molecule has 1 aliphatic carbocycles. The molecule has 0 unspecified atom stereocenters. The topological polar surface area (TPSA) is 38.7 Å². The quantitative estimate of drug-likeness (QED) is 0.795. The highest BCUT2D eigenvalue weighted by Crippen LogP contribution is 2.49. The Bertz CT molecular complexity index is 342. The molecule has 0 atom stereocenters. The van der Waals surface area contributed by atoms with Gasteiger partial charge in [-0.1, -0.05) is 0 Å². The summed E-state index contributed by atoms with van der Waals surface area (Å²) >= 11 is 0. The molecule has 1 aliphatic rings. The molecule has 1 saturated carbocycles. The number of ether oxygens (including phenoxy) is 2. The molecule has 3 nitrogen and oxygen atoms in total. The van der Waals surface area contributed by atoms with Gasteiger partial charge in [-0.05, 0) is 31.0 Å². The molecule has 0 aliphatic heterocycles. The van der Waals surface area contributed by atoms with Crippen molar-refractivity contribution in [1.29, 1.82) is 0 Å². The first-order chi connectivity index (χ1) is 6.69. The second-order valence-electron chi connectivity index (χ2n) is 3.60. The van der Waals surface area contributed by atoms with Gasteiger partial charge in [0, 0.05) is 5.56 Å². The minimum absolute atomic E-state index is 0.681. The fourth-order valence-electron chi connectivity index (χ4n) is 1.57. The van der Waals surface area contributed by atoms with Crippen LogP contribution in [0.4, 0.5) is 0 Å². The van der Waals surface area contributed by atoms with Crippen molar-refractivity contribution in [2.75, 3.05) is 14.2 Å². The van der Waals surface area contributed by atoms with E-state index in [-0.39, 0.29) is 0 Å². The third-order valence-corrected chi connectivity index (χ3v) is 2.63. The summed E-state index contributed by atoms with van der Waals surface area (Å²) in [5.41, 5.74) is 0.152. The van der Waals surface area contributed by atoms with Crippen LogP contribution in [0.25, 0.3) is 0 Å². The molecule has 3 heteroatoms. The van der Waals surface area contributed by atoms with Crippen molar-refractivity contribution in [2.45, 2.75) is 18.4 Å². The van der Waals surface area contributed by atoms with Gasteiger partial charge in [0.25, 0.3) is 0 Å². The molecule has 0 saturated heterocycles. The molecule has 0 bridgehead atoms. The lowest BCUT2D eigenvalue weighted by Gasteiger charge is -2.14. The minimum atomic E-state index is -0.681. The van der Waals surface area contributed by atoms with Crippen molar-refractivity contribution < 1.29 is 14.6 Å². The Morgan fingerprint density at radius 1 is 1.21 bits per heavy atom. The normalized spacial score (nSPS) is 17.6. The lowest BCUT2D eigenvalue weighted by molar-refractivity contribution is 0.147. The van der Waals surface area contributed by atoms with E-state index in [9.17, 15) is 5.11 Å². The molecule has 0 amide bonds. The van der Waals surface area contributed by atoms with Gasteiger partial charge in [-0.25, -0.2) is 0 Å². The van der Waals surface area contributed by atoms with Crippen molar-refractivity contribution in [2.24, 2.45) is 0 Å². The van der Waals surface area contributed by atoms with Gasteiger partial charge in [0.2, 0.25) is 0 Å². The van der Waals surface area contributed by atoms with Crippen LogP contribution in [-0.4, -0.2) is 19.3 Å². The van der Waals surface area contributed by atoms with Crippen LogP contribution in [0.15, 0.2) is 18.2 Å². The van der Waals surface area contributed by atoms with E-state index in [1.807, 2.05) is 18.2 Å². The van der Waals surface area contributed by atoms with Crippen LogP contribution in [0.2, 0.25) is 0 Å². The molecular weight excluding hydrogens is 180 g/mol. The van der Waals surface area contributed by atoms with Crippen LogP contribution < -0.4 is 9.47 Å². The molecule has 1 aromatic carbocycles. The Kier molecular flexibility index (Phi) is 2.11. The second-order valence-corrected chi connectivity index (χ2v) is 3.60. The largest absolute Gasteiger partial charge is 0.497 e. The number of benzene rings is 1. The zero-order valence-corrected chi connectivity index (χ0v) is 8.41. The fraction of sp³-hybridized carbons (Fsp3) is 0.455. The second kappa shape index (κ2) is 3.17. The molecule has 0 aromatic heterocycles. The molecular formula is C11H14O3. The van der Waals surface area contributed by atoms with Crippen molar-refractivity contribution in [3.8, 4) is 11.5 Å². The van der Waals surface area contributed by atoms with Gasteiger partial charge in [0.1, 0.15) is 11.5 Å². The summed E-state index contributed by atoms with van der Waals surface area (Å²) in [5.74, 6) is 1.48. The molecule has 76 valence electrons. The first-order valence-electron chi connectivity index (χ1n) is 4.64. The highest BCUT2D eigenvalue weighted by Gasteiger charge is 2.44. The Labute approximate surface area is 83.3 Å². The number of methoxy groups -OCH3 is 2. The van der Waals surface area contributed by atoms with E-state index in [0.29, 0.717) is 0 Å². The first kappa shape index (κ1) is 9.34. The van der Waals surface area contributed by atoms with E-state index in [4.69, 9.17) is 9.47 Å². The maximum atomic E-state index is 10.00. The number of aliphatic hydroxyl groups is 1. The zero-order chi connectivity index (χ0) is 10.2. The SMILES string of the molecule is COc1ccc(OC)c(C2(O)CC2)c1. The summed E-state index contributed by atoms with van der Waals surface area (Å²) in [4.78, 5) is 0. The lowest BCUT2D eigenvalue weighted by Crippen LogP contribution is -2.06. The van der Waals surface area contributed by atoms with Gasteiger partial charge in [-0.2, -0.15) is 0 Å². The van der Waals surface area contributed by atoms with E-state index in [1.54, 1.807) is 14.2 Å². The Morgan fingerprint density at radius 2 is 1.93 bits per heavy atom. The molecule has 1 N–H and O–H groups in total. The van der Waals surface area contributed by atoms with Crippen LogP contribution in [-0.2, 0) is 5.60 Å². The van der Waals surface area contributed by atoms with Gasteiger partial charge in [-0.15, -0.1) is 0 Å². The van der Waals surface area contributed by atoms with Crippen LogP contribution in [0, 0.1) is 0 Å². The maximum absolute atomic E-state index is 10.00. The van der Waals surface area contributed by atoms with Gasteiger partial charge < -0.3 is 14.6 Å². The van der Waals surface area contributed by atoms with E-state index >= 15 is 0 Å². The summed E-state index contributed by atoms with van der Waals surface area (Å²) in [5, 5.41) is 10.00. The highest BCUT2D eigenvalue weighted by molar-refractivity contribution is 5.45. The summed E-state index contributed by atoms with van der Waals surface area (Å²) in [6.07, 6.45) is 1.60. The molecule has 14 heavy (non-hydrogen) atoms. The first-order valence-corrected chi connectivity index (χ1v) is 4.64. The standard InChI is InChI=1S/C11H14O3/c1-13-8-3-4-10(14-2)9(7-8)11(12)5-6-11/h3-4,7,12H,5-6H2,1-2H3. The van der Waals surface area contributed by atoms with Crippen LogP contribution in [0.5, 0.6) is 11.5 Å². The molecule has 1 fully saturated rings. The Morgan fingerprint density at radius 3 is 2.43 bits per heavy atom. The predicted octanol–water partition coefficient (Wildman–Crippen LogP) is 1.69. The van der Waals surface area contributed by atoms with Crippen molar-refractivity contribution in [3.05, 3.63) is 23.8 Å². The Balaban J connectivity index is 2.43. The van der Waals surface area contributed by atoms with E-state index in [2.05, 4.69) is 0 Å². The van der Waals surface area contributed by atoms with Gasteiger partial charge in [0.15, 0.2) is 0 Å². The summed E-state index contributed by atoms with van der Waals surface area (Å²) < 4.78 is 10.3. The van der Waals surface area contributed by atoms with Crippen LogP contribution in [0.1, 0.15) is 18.4 Å². The van der Waals surface area contributed by atoms with Crippen molar-refractivity contribution in [3.63, 3.8) is 0 Å². The number of rotatable bonds is 3. The van der Waals surface area contributed by atoms with Gasteiger partial charge in [-0.3, -0.25) is 0 Å². The summed E-state index contributed by atoms with van der Waals surface area (Å²) in [7, 11) is 3.22. The minimum Gasteiger partial charge on any atom is -0.497 e. The number of hydrogen-bond donors (Lipinski definition) is 1. The fourth-order valence-corrected chi connectivity index (χ4v) is 1.57. The lowest BCUT2D eigenvalue weighted by atomic mass is 10.1. The highest BCUT2D eigenvalue weighted by atomic mass is 16.5. The third kappa shape index (κ3) is 1.44. The van der Waals surface area contributed by atoms with Crippen molar-refractivity contribution in [1.82, 2.24) is 0 Å². The molecule has 0 heterocycles. The smallest absolute Gasteiger partial charge is 0.125 e. The van der Waals surface area contributed by atoms with Gasteiger partial charge in [0.05, 0.1) is 19.8 Å². The van der Waals surface area contributed by atoms with Crippen molar-refractivity contribution >= 4 is 0 Å². The monoisotopic (exact) mass is 194 g/mol. The Hall–Kier alpha value is -1.22. The van der Waals surface area contributed by atoms with Gasteiger partial charge >= 0.3 is 0 Å². The summed E-state index contributed by atoms with van der Waals surface area (Å²) in [6.45, 7) is 0. The average molecular weight is 194 g/mol. The molecule has 1 aromatic rings. The van der Waals surface area contributed by atoms with Crippen LogP contribution >= 0.6 is 0 Å². The number of hydrogen-bond acceptors (Lipinski definition) is 3.